The minimum atomic E-state index is -0.253. The first-order valence-electron chi connectivity index (χ1n) is 11.1. The Bertz CT molecular complexity index is 1040. The third-order valence-corrected chi connectivity index (χ3v) is 5.46. The Morgan fingerprint density at radius 2 is 1.47 bits per heavy atom. The average molecular weight is 464 g/mol. The van der Waals surface area contributed by atoms with Crippen LogP contribution in [0.1, 0.15) is 22.7 Å². The summed E-state index contributed by atoms with van der Waals surface area (Å²) in [5.74, 6) is 1.63. The molecule has 0 spiro atoms. The van der Waals surface area contributed by atoms with E-state index in [2.05, 4.69) is 15.5 Å². The fraction of sp³-hybridized carbons (Fsp3) is 0.296. The van der Waals surface area contributed by atoms with Gasteiger partial charge in [0.15, 0.2) is 0 Å². The van der Waals surface area contributed by atoms with Gasteiger partial charge in [-0.3, -0.25) is 0 Å². The highest BCUT2D eigenvalue weighted by Gasteiger charge is 2.15. The number of rotatable bonds is 11. The third kappa shape index (κ3) is 7.50. The second-order valence-corrected chi connectivity index (χ2v) is 8.13. The van der Waals surface area contributed by atoms with Crippen molar-refractivity contribution in [2.75, 3.05) is 40.2 Å². The lowest BCUT2D eigenvalue weighted by Crippen LogP contribution is -2.36. The number of likely N-dealkylation sites (N-methyl/N-ethyl adjacent to an activating group) is 1. The summed E-state index contributed by atoms with van der Waals surface area (Å²) in [6.07, 6.45) is 0. The maximum atomic E-state index is 12.5. The quantitative estimate of drug-likeness (QED) is 0.426. The number of methoxy groups -OCH3 is 2. The Morgan fingerprint density at radius 3 is 2.09 bits per heavy atom. The van der Waals surface area contributed by atoms with Crippen LogP contribution in [0.5, 0.6) is 11.5 Å². The Labute approximate surface area is 201 Å². The van der Waals surface area contributed by atoms with Gasteiger partial charge in [-0.1, -0.05) is 36.4 Å². The molecule has 2 N–H and O–H groups in total. The van der Waals surface area contributed by atoms with E-state index in [-0.39, 0.29) is 12.1 Å². The lowest BCUT2D eigenvalue weighted by molar-refractivity contribution is 0.107. The maximum absolute atomic E-state index is 12.5. The van der Waals surface area contributed by atoms with E-state index in [1.165, 1.54) is 0 Å². The summed E-state index contributed by atoms with van der Waals surface area (Å²) in [5, 5.41) is 5.88. The van der Waals surface area contributed by atoms with Crippen LogP contribution in [0.25, 0.3) is 0 Å². The van der Waals surface area contributed by atoms with Gasteiger partial charge in [-0.15, -0.1) is 0 Å². The summed E-state index contributed by atoms with van der Waals surface area (Å²) in [6.45, 7) is 1.42. The largest absolute Gasteiger partial charge is 0.497 e. The van der Waals surface area contributed by atoms with E-state index < -0.39 is 0 Å². The zero-order valence-corrected chi connectivity index (χ0v) is 20.2. The molecule has 0 aliphatic heterocycles. The fourth-order valence-electron chi connectivity index (χ4n) is 3.54. The fourth-order valence-corrected chi connectivity index (χ4v) is 3.54. The molecule has 3 aromatic rings. The summed E-state index contributed by atoms with van der Waals surface area (Å²) in [6, 6.07) is 23.1. The van der Waals surface area contributed by atoms with Crippen molar-refractivity contribution in [2.45, 2.75) is 19.3 Å². The van der Waals surface area contributed by atoms with Crippen molar-refractivity contribution in [3.8, 4) is 11.5 Å². The molecule has 3 aromatic carbocycles. The highest BCUT2D eigenvalue weighted by atomic mass is 16.5. The van der Waals surface area contributed by atoms with Gasteiger partial charge < -0.3 is 29.7 Å². The predicted molar refractivity (Wildman–Crippen MR) is 134 cm³/mol. The summed E-state index contributed by atoms with van der Waals surface area (Å²) >= 11 is 0. The van der Waals surface area contributed by atoms with Gasteiger partial charge in [-0.05, 0) is 67.2 Å². The topological polar surface area (TPSA) is 72.1 Å². The number of carbonyl (C=O) groups excluding carboxylic acids is 1. The second-order valence-electron chi connectivity index (χ2n) is 8.13. The first kappa shape index (κ1) is 25.1. The van der Waals surface area contributed by atoms with Gasteiger partial charge in [0, 0.05) is 12.2 Å². The number of anilines is 1. The average Bonchev–Trinajstić information content (AvgIpc) is 2.85. The van der Waals surface area contributed by atoms with Crippen molar-refractivity contribution in [1.82, 2.24) is 10.2 Å². The SMILES string of the molecule is COc1ccc(COCc2cccc(NC(=O)NCC(c3ccc(OC)cc3)N(C)C)c2)cc1. The zero-order valence-electron chi connectivity index (χ0n) is 20.2. The number of urea groups is 1. The molecule has 0 aliphatic carbocycles. The molecule has 7 nitrogen and oxygen atoms in total. The van der Waals surface area contributed by atoms with E-state index in [0.717, 1.165) is 28.2 Å². The van der Waals surface area contributed by atoms with Crippen molar-refractivity contribution in [3.05, 3.63) is 89.5 Å². The molecule has 0 aromatic heterocycles. The molecule has 34 heavy (non-hydrogen) atoms. The lowest BCUT2D eigenvalue weighted by atomic mass is 10.1. The number of amides is 2. The van der Waals surface area contributed by atoms with Crippen LogP contribution in [-0.2, 0) is 18.0 Å². The Balaban J connectivity index is 1.49. The highest BCUT2D eigenvalue weighted by Crippen LogP contribution is 2.21. The van der Waals surface area contributed by atoms with Gasteiger partial charge in [-0.25, -0.2) is 4.79 Å². The van der Waals surface area contributed by atoms with Crippen molar-refractivity contribution in [1.29, 1.82) is 0 Å². The summed E-state index contributed by atoms with van der Waals surface area (Å²) in [4.78, 5) is 14.6. The van der Waals surface area contributed by atoms with Gasteiger partial charge in [0.1, 0.15) is 11.5 Å². The van der Waals surface area contributed by atoms with E-state index in [0.29, 0.717) is 25.4 Å². The van der Waals surface area contributed by atoms with Crippen LogP contribution in [-0.4, -0.2) is 45.8 Å². The van der Waals surface area contributed by atoms with Gasteiger partial charge in [0.2, 0.25) is 0 Å². The molecule has 0 bridgehead atoms. The van der Waals surface area contributed by atoms with Crippen LogP contribution in [0.3, 0.4) is 0 Å². The Kier molecular flexibility index (Phi) is 9.31. The van der Waals surface area contributed by atoms with E-state index >= 15 is 0 Å². The van der Waals surface area contributed by atoms with Crippen molar-refractivity contribution >= 4 is 11.7 Å². The van der Waals surface area contributed by atoms with Crippen LogP contribution < -0.4 is 20.1 Å². The minimum absolute atomic E-state index is 0.0364. The van der Waals surface area contributed by atoms with Gasteiger partial charge in [-0.2, -0.15) is 0 Å². The predicted octanol–water partition coefficient (Wildman–Crippen LogP) is 4.85. The second kappa shape index (κ2) is 12.6. The molecule has 7 heteroatoms. The maximum Gasteiger partial charge on any atom is 0.319 e. The van der Waals surface area contributed by atoms with E-state index in [1.54, 1.807) is 14.2 Å². The standard InChI is InChI=1S/C27H33N3O4/c1-30(2)26(22-10-14-25(33-4)15-11-22)17-28-27(31)29-23-7-5-6-21(16-23)19-34-18-20-8-12-24(32-3)13-9-20/h5-16,26H,17-19H2,1-4H3,(H2,28,29,31). The third-order valence-electron chi connectivity index (χ3n) is 5.46. The lowest BCUT2D eigenvalue weighted by Gasteiger charge is -2.25. The van der Waals surface area contributed by atoms with Crippen LogP contribution in [0.2, 0.25) is 0 Å². The van der Waals surface area contributed by atoms with E-state index in [1.807, 2.05) is 86.9 Å². The molecule has 1 atom stereocenters. The van der Waals surface area contributed by atoms with Gasteiger partial charge in [0.25, 0.3) is 0 Å². The molecule has 0 radical (unpaired) electrons. The first-order valence-corrected chi connectivity index (χ1v) is 11.1. The van der Waals surface area contributed by atoms with E-state index in [9.17, 15) is 4.79 Å². The smallest absolute Gasteiger partial charge is 0.319 e. The summed E-state index contributed by atoms with van der Waals surface area (Å²) < 4.78 is 16.2. The molecule has 1 unspecified atom stereocenters. The molecular formula is C27H33N3O4. The van der Waals surface area contributed by atoms with Crippen LogP contribution in [0.15, 0.2) is 72.8 Å². The van der Waals surface area contributed by atoms with Crippen LogP contribution in [0.4, 0.5) is 10.5 Å². The minimum Gasteiger partial charge on any atom is -0.497 e. The number of nitrogens with one attached hydrogen (secondary N) is 2. The van der Waals surface area contributed by atoms with Crippen LogP contribution >= 0.6 is 0 Å². The summed E-state index contributed by atoms with van der Waals surface area (Å²) in [5.41, 5.74) is 3.87. The Morgan fingerprint density at radius 1 is 0.853 bits per heavy atom. The first-order chi connectivity index (χ1) is 16.5. The number of nitrogens with zero attached hydrogens (tertiary/aromatic N) is 1. The number of hydrogen-bond donors (Lipinski definition) is 2. The van der Waals surface area contributed by atoms with Gasteiger partial charge in [0.05, 0.1) is 33.5 Å². The van der Waals surface area contributed by atoms with Gasteiger partial charge >= 0.3 is 6.03 Å². The zero-order chi connectivity index (χ0) is 24.3. The highest BCUT2D eigenvalue weighted by molar-refractivity contribution is 5.89. The summed E-state index contributed by atoms with van der Waals surface area (Å²) in [7, 11) is 7.27. The molecule has 2 amide bonds. The molecule has 3 rings (SSSR count). The van der Waals surface area contributed by atoms with E-state index in [4.69, 9.17) is 14.2 Å². The molecule has 0 heterocycles. The molecule has 0 fully saturated rings. The number of benzene rings is 3. The number of hydrogen-bond acceptors (Lipinski definition) is 5. The molecular weight excluding hydrogens is 430 g/mol. The van der Waals surface area contributed by atoms with Crippen molar-refractivity contribution in [3.63, 3.8) is 0 Å². The number of carbonyl (C=O) groups is 1. The molecule has 180 valence electrons. The number of ether oxygens (including phenoxy) is 3. The Hall–Kier alpha value is -3.55. The molecule has 0 saturated carbocycles. The van der Waals surface area contributed by atoms with Crippen molar-refractivity contribution < 1.29 is 19.0 Å². The molecule has 0 aliphatic rings. The molecule has 0 saturated heterocycles. The monoisotopic (exact) mass is 463 g/mol. The van der Waals surface area contributed by atoms with Crippen molar-refractivity contribution in [2.24, 2.45) is 0 Å². The van der Waals surface area contributed by atoms with Crippen LogP contribution in [0, 0.1) is 0 Å². The normalized spacial score (nSPS) is 11.7.